The molecule has 0 aromatic carbocycles. The third-order valence-electron chi connectivity index (χ3n) is 2.83. The van der Waals surface area contributed by atoms with E-state index in [0.29, 0.717) is 25.4 Å². The number of carbonyl (C=O) groups excluding carboxylic acids is 1. The van der Waals surface area contributed by atoms with Gasteiger partial charge in [0.15, 0.2) is 0 Å². The molecule has 1 atom stereocenters. The predicted molar refractivity (Wildman–Crippen MR) is 62.5 cm³/mol. The van der Waals surface area contributed by atoms with E-state index in [4.69, 9.17) is 10.2 Å². The summed E-state index contributed by atoms with van der Waals surface area (Å²) in [6, 6.07) is 0.288. The maximum atomic E-state index is 11.7. The Labute approximate surface area is 100 Å². The quantitative estimate of drug-likeness (QED) is 0.818. The standard InChI is InChI=1S/C11H18N4O2/c1-11(2,3)9-13-14-10(17-9)15-6-7(5-12)4-8(15)16/h7H,4-6,12H2,1-3H3. The van der Waals surface area contributed by atoms with Crippen LogP contribution in [-0.4, -0.2) is 29.2 Å². The second-order valence-corrected chi connectivity index (χ2v) is 5.45. The lowest BCUT2D eigenvalue weighted by molar-refractivity contribution is -0.117. The average molecular weight is 238 g/mol. The molecule has 2 N–H and O–H groups in total. The molecular formula is C11H18N4O2. The van der Waals surface area contributed by atoms with Crippen molar-refractivity contribution >= 4 is 11.9 Å². The minimum atomic E-state index is -0.207. The summed E-state index contributed by atoms with van der Waals surface area (Å²) in [5.41, 5.74) is 5.36. The molecule has 1 aliphatic rings. The topological polar surface area (TPSA) is 85.3 Å². The van der Waals surface area contributed by atoms with E-state index in [9.17, 15) is 4.79 Å². The highest BCUT2D eigenvalue weighted by atomic mass is 16.4. The SMILES string of the molecule is CC(C)(C)c1nnc(N2CC(CN)CC2=O)o1. The van der Waals surface area contributed by atoms with Gasteiger partial charge in [0.05, 0.1) is 0 Å². The molecule has 0 aliphatic carbocycles. The van der Waals surface area contributed by atoms with E-state index >= 15 is 0 Å². The van der Waals surface area contributed by atoms with Crippen LogP contribution < -0.4 is 10.6 Å². The molecule has 1 amide bonds. The molecule has 2 heterocycles. The first-order valence-electron chi connectivity index (χ1n) is 5.76. The van der Waals surface area contributed by atoms with Gasteiger partial charge in [-0.2, -0.15) is 0 Å². The molecule has 17 heavy (non-hydrogen) atoms. The van der Waals surface area contributed by atoms with Crippen LogP contribution in [0.4, 0.5) is 6.01 Å². The Morgan fingerprint density at radius 1 is 1.47 bits per heavy atom. The van der Waals surface area contributed by atoms with Gasteiger partial charge in [-0.3, -0.25) is 9.69 Å². The Balaban J connectivity index is 2.19. The molecule has 1 aromatic heterocycles. The zero-order valence-electron chi connectivity index (χ0n) is 10.4. The number of nitrogens with zero attached hydrogens (tertiary/aromatic N) is 3. The van der Waals surface area contributed by atoms with Gasteiger partial charge in [0.2, 0.25) is 11.8 Å². The second-order valence-electron chi connectivity index (χ2n) is 5.45. The van der Waals surface area contributed by atoms with Crippen molar-refractivity contribution in [3.05, 3.63) is 5.89 Å². The molecule has 1 aromatic rings. The molecule has 1 fully saturated rings. The Kier molecular flexibility index (Phi) is 2.91. The summed E-state index contributed by atoms with van der Waals surface area (Å²) in [7, 11) is 0. The molecule has 6 nitrogen and oxygen atoms in total. The van der Waals surface area contributed by atoms with E-state index in [1.165, 1.54) is 4.90 Å². The summed E-state index contributed by atoms with van der Waals surface area (Å²) >= 11 is 0. The van der Waals surface area contributed by atoms with Crippen LogP contribution in [-0.2, 0) is 10.2 Å². The van der Waals surface area contributed by atoms with Gasteiger partial charge in [-0.05, 0) is 12.5 Å². The smallest absolute Gasteiger partial charge is 0.325 e. The molecule has 6 heteroatoms. The van der Waals surface area contributed by atoms with Crippen LogP contribution in [0, 0.1) is 5.92 Å². The molecule has 2 rings (SSSR count). The van der Waals surface area contributed by atoms with E-state index in [2.05, 4.69) is 10.2 Å². The minimum Gasteiger partial charge on any atom is -0.407 e. The number of rotatable bonds is 2. The summed E-state index contributed by atoms with van der Waals surface area (Å²) in [5, 5.41) is 7.91. The number of hydrogen-bond acceptors (Lipinski definition) is 5. The van der Waals surface area contributed by atoms with E-state index in [1.54, 1.807) is 0 Å². The normalized spacial score (nSPS) is 21.3. The second kappa shape index (κ2) is 4.10. The highest BCUT2D eigenvalue weighted by Crippen LogP contribution is 2.27. The van der Waals surface area contributed by atoms with E-state index in [-0.39, 0.29) is 23.3 Å². The lowest BCUT2D eigenvalue weighted by Crippen LogP contribution is -2.26. The van der Waals surface area contributed by atoms with Gasteiger partial charge < -0.3 is 10.2 Å². The monoisotopic (exact) mass is 238 g/mol. The van der Waals surface area contributed by atoms with Crippen molar-refractivity contribution in [3.63, 3.8) is 0 Å². The third-order valence-corrected chi connectivity index (χ3v) is 2.83. The molecule has 1 unspecified atom stereocenters. The first-order valence-corrected chi connectivity index (χ1v) is 5.76. The fourth-order valence-corrected chi connectivity index (χ4v) is 1.75. The molecule has 0 radical (unpaired) electrons. The van der Waals surface area contributed by atoms with Crippen LogP contribution in [0.5, 0.6) is 0 Å². The van der Waals surface area contributed by atoms with Gasteiger partial charge in [0, 0.05) is 18.4 Å². The van der Waals surface area contributed by atoms with E-state index < -0.39 is 0 Å². The molecule has 94 valence electrons. The number of amides is 1. The number of hydrogen-bond donors (Lipinski definition) is 1. The number of carbonyl (C=O) groups is 1. The average Bonchev–Trinajstić information content (AvgIpc) is 2.82. The summed E-state index contributed by atoms with van der Waals surface area (Å²) < 4.78 is 5.54. The summed E-state index contributed by atoms with van der Waals surface area (Å²) in [4.78, 5) is 13.3. The summed E-state index contributed by atoms with van der Waals surface area (Å²) in [5.74, 6) is 0.730. The van der Waals surface area contributed by atoms with Crippen LogP contribution in [0.15, 0.2) is 4.42 Å². The van der Waals surface area contributed by atoms with Gasteiger partial charge >= 0.3 is 6.01 Å². The summed E-state index contributed by atoms with van der Waals surface area (Å²) in [6.07, 6.45) is 0.462. The maximum absolute atomic E-state index is 11.7. The van der Waals surface area contributed by atoms with E-state index in [0.717, 1.165) is 0 Å². The fraction of sp³-hybridized carbons (Fsp3) is 0.727. The first kappa shape index (κ1) is 12.0. The minimum absolute atomic E-state index is 0.00422. The van der Waals surface area contributed by atoms with Crippen LogP contribution in [0.2, 0.25) is 0 Å². The largest absolute Gasteiger partial charge is 0.407 e. The van der Waals surface area contributed by atoms with Gasteiger partial charge in [-0.1, -0.05) is 25.9 Å². The number of nitrogens with two attached hydrogens (primary N) is 1. The number of anilines is 1. The molecule has 0 saturated carbocycles. The van der Waals surface area contributed by atoms with Crippen molar-refractivity contribution in [1.29, 1.82) is 0 Å². The zero-order valence-corrected chi connectivity index (χ0v) is 10.4. The molecular weight excluding hydrogens is 220 g/mol. The highest BCUT2D eigenvalue weighted by molar-refractivity contribution is 5.93. The Bertz CT molecular complexity index is 421. The van der Waals surface area contributed by atoms with Crippen LogP contribution in [0.1, 0.15) is 33.1 Å². The Morgan fingerprint density at radius 3 is 2.65 bits per heavy atom. The van der Waals surface area contributed by atoms with Crippen molar-refractivity contribution in [2.24, 2.45) is 11.7 Å². The van der Waals surface area contributed by atoms with Gasteiger partial charge in [0.1, 0.15) is 0 Å². The molecule has 1 saturated heterocycles. The molecule has 0 bridgehead atoms. The van der Waals surface area contributed by atoms with Crippen molar-refractivity contribution in [2.45, 2.75) is 32.6 Å². The Morgan fingerprint density at radius 2 is 2.18 bits per heavy atom. The fourth-order valence-electron chi connectivity index (χ4n) is 1.75. The maximum Gasteiger partial charge on any atom is 0.325 e. The van der Waals surface area contributed by atoms with Crippen molar-refractivity contribution in [1.82, 2.24) is 10.2 Å². The van der Waals surface area contributed by atoms with Crippen molar-refractivity contribution < 1.29 is 9.21 Å². The van der Waals surface area contributed by atoms with Gasteiger partial charge in [-0.15, -0.1) is 5.10 Å². The lowest BCUT2D eigenvalue weighted by atomic mass is 9.97. The molecule has 0 spiro atoms. The molecule has 1 aliphatic heterocycles. The highest BCUT2D eigenvalue weighted by Gasteiger charge is 2.34. The Hall–Kier alpha value is -1.43. The van der Waals surface area contributed by atoms with Gasteiger partial charge in [0.25, 0.3) is 0 Å². The zero-order chi connectivity index (χ0) is 12.6. The van der Waals surface area contributed by atoms with Gasteiger partial charge in [-0.25, -0.2) is 0 Å². The number of aromatic nitrogens is 2. The lowest BCUT2D eigenvalue weighted by Gasteiger charge is -2.13. The first-order chi connectivity index (χ1) is 7.91. The van der Waals surface area contributed by atoms with E-state index in [1.807, 2.05) is 20.8 Å². The van der Waals surface area contributed by atoms with Crippen molar-refractivity contribution in [2.75, 3.05) is 18.0 Å². The van der Waals surface area contributed by atoms with Crippen LogP contribution in [0.25, 0.3) is 0 Å². The van der Waals surface area contributed by atoms with Crippen LogP contribution >= 0.6 is 0 Å². The summed E-state index contributed by atoms with van der Waals surface area (Å²) in [6.45, 7) is 7.03. The van der Waals surface area contributed by atoms with Crippen LogP contribution in [0.3, 0.4) is 0 Å². The predicted octanol–water partition coefficient (Wildman–Crippen LogP) is 0.679. The van der Waals surface area contributed by atoms with Crippen molar-refractivity contribution in [3.8, 4) is 0 Å². The third kappa shape index (κ3) is 2.31.